The second kappa shape index (κ2) is 3.48. The van der Waals surface area contributed by atoms with E-state index in [0.29, 0.717) is 0 Å². The highest BCUT2D eigenvalue weighted by Crippen LogP contribution is 2.18. The quantitative estimate of drug-likeness (QED) is 0.319. The van der Waals surface area contributed by atoms with Gasteiger partial charge in [0.05, 0.1) is 22.9 Å². The minimum atomic E-state index is 0.753. The molecular weight excluding hydrogens is 497 g/mol. The molecule has 62 valence electrons. The zero-order chi connectivity index (χ0) is 8.72. The molecule has 2 rings (SSSR count). The van der Waals surface area contributed by atoms with E-state index in [4.69, 9.17) is 0 Å². The molecule has 2 heterocycles. The lowest BCUT2D eigenvalue weighted by Gasteiger charge is -1.94. The summed E-state index contributed by atoms with van der Waals surface area (Å²) in [5.74, 6) is 0. The Balaban J connectivity index is 2.92. The number of hydrogen-bond acceptors (Lipinski definition) is 3. The maximum atomic E-state index is 4.26. The molecule has 0 atom stereocenters. The van der Waals surface area contributed by atoms with Crippen molar-refractivity contribution in [1.82, 2.24) is 17.7 Å². The van der Waals surface area contributed by atoms with E-state index in [1.807, 2.05) is 2.78 Å². The zero-order valence-corrected chi connectivity index (χ0v) is 12.0. The van der Waals surface area contributed by atoms with Crippen molar-refractivity contribution in [3.8, 4) is 0 Å². The smallest absolute Gasteiger partial charge is 0.193 e. The predicted molar refractivity (Wildman–Crippen MR) is 70.2 cm³/mol. The van der Waals surface area contributed by atoms with Gasteiger partial charge in [0.2, 0.25) is 0 Å². The van der Waals surface area contributed by atoms with Crippen LogP contribution in [0.15, 0.2) is 6.33 Å². The zero-order valence-electron chi connectivity index (χ0n) is 5.50. The summed E-state index contributed by atoms with van der Waals surface area (Å²) in [7, 11) is 0. The minimum Gasteiger partial charge on any atom is -0.254 e. The molecular formula is C5HI3N4. The van der Waals surface area contributed by atoms with Crippen LogP contribution >= 0.6 is 68.0 Å². The van der Waals surface area contributed by atoms with Gasteiger partial charge < -0.3 is 0 Å². The second-order valence-electron chi connectivity index (χ2n) is 2.01. The maximum absolute atomic E-state index is 4.26. The highest BCUT2D eigenvalue weighted by atomic mass is 127. The lowest BCUT2D eigenvalue weighted by molar-refractivity contribution is 1.11. The standard InChI is InChI=1S/C5HI3N4/c6-3-2-4(11-5(7)10-3)12(8)1-9-2/h1H. The molecule has 0 fully saturated rings. The molecule has 0 N–H and O–H groups in total. The lowest BCUT2D eigenvalue weighted by Crippen LogP contribution is -1.93. The molecule has 0 radical (unpaired) electrons. The van der Waals surface area contributed by atoms with Crippen molar-refractivity contribution >= 4 is 79.2 Å². The van der Waals surface area contributed by atoms with Gasteiger partial charge in [-0.15, -0.1) is 0 Å². The Kier molecular flexibility index (Phi) is 2.69. The van der Waals surface area contributed by atoms with E-state index in [0.717, 1.165) is 18.7 Å². The monoisotopic (exact) mass is 498 g/mol. The fraction of sp³-hybridized carbons (Fsp3) is 0. The van der Waals surface area contributed by atoms with Crippen LogP contribution in [0.5, 0.6) is 0 Å². The van der Waals surface area contributed by atoms with Gasteiger partial charge in [0.15, 0.2) is 9.48 Å². The van der Waals surface area contributed by atoms with Gasteiger partial charge >= 0.3 is 0 Å². The van der Waals surface area contributed by atoms with Crippen LogP contribution in [0.25, 0.3) is 11.2 Å². The largest absolute Gasteiger partial charge is 0.254 e. The van der Waals surface area contributed by atoms with Crippen LogP contribution in [-0.4, -0.2) is 17.7 Å². The van der Waals surface area contributed by atoms with Gasteiger partial charge in [0.1, 0.15) is 15.5 Å². The number of imidazole rings is 1. The van der Waals surface area contributed by atoms with E-state index in [2.05, 4.69) is 83.0 Å². The normalized spacial score (nSPS) is 10.9. The first-order chi connectivity index (χ1) is 5.68. The van der Waals surface area contributed by atoms with Crippen molar-refractivity contribution in [2.75, 3.05) is 0 Å². The Morgan fingerprint density at radius 1 is 1.25 bits per heavy atom. The van der Waals surface area contributed by atoms with Crippen molar-refractivity contribution < 1.29 is 0 Å². The van der Waals surface area contributed by atoms with E-state index < -0.39 is 0 Å². The Bertz CT molecular complexity index is 437. The third kappa shape index (κ3) is 1.54. The van der Waals surface area contributed by atoms with E-state index in [1.54, 1.807) is 6.33 Å². The molecule has 2 aromatic heterocycles. The van der Waals surface area contributed by atoms with Crippen LogP contribution in [0.2, 0.25) is 0 Å². The molecule has 0 aliphatic rings. The number of halogens is 3. The molecule has 2 aromatic rings. The fourth-order valence-electron chi connectivity index (χ4n) is 0.815. The van der Waals surface area contributed by atoms with Crippen LogP contribution in [0.1, 0.15) is 0 Å². The average molecular weight is 498 g/mol. The Morgan fingerprint density at radius 3 is 2.75 bits per heavy atom. The van der Waals surface area contributed by atoms with Crippen molar-refractivity contribution in [2.45, 2.75) is 0 Å². The minimum absolute atomic E-state index is 0.753. The van der Waals surface area contributed by atoms with Gasteiger partial charge in [-0.2, -0.15) is 0 Å². The van der Waals surface area contributed by atoms with Gasteiger partial charge in [-0.05, 0) is 22.6 Å². The SMILES string of the molecule is Ic1nc(I)c2ncn(I)c2n1. The summed E-state index contributed by atoms with van der Waals surface area (Å²) in [5, 5.41) is 0. The molecule has 0 aliphatic carbocycles. The number of aromatic nitrogens is 4. The third-order valence-electron chi connectivity index (χ3n) is 1.29. The third-order valence-corrected chi connectivity index (χ3v) is 3.23. The van der Waals surface area contributed by atoms with Gasteiger partial charge in [0.25, 0.3) is 0 Å². The number of fused-ring (bicyclic) bond motifs is 1. The Hall–Kier alpha value is 0.740. The Labute approximate surface area is 109 Å². The summed E-state index contributed by atoms with van der Waals surface area (Å²) in [5.41, 5.74) is 1.74. The first-order valence-corrected chi connectivity index (χ1v) is 6.03. The first-order valence-electron chi connectivity index (χ1n) is 2.91. The number of hydrogen-bond donors (Lipinski definition) is 0. The molecule has 0 aliphatic heterocycles. The van der Waals surface area contributed by atoms with Crippen molar-refractivity contribution in [2.24, 2.45) is 0 Å². The van der Waals surface area contributed by atoms with Crippen molar-refractivity contribution in [3.63, 3.8) is 0 Å². The predicted octanol–water partition coefficient (Wildman–Crippen LogP) is 2.23. The van der Waals surface area contributed by atoms with Crippen LogP contribution in [0, 0.1) is 7.53 Å². The summed E-state index contributed by atoms with van der Waals surface area (Å²) in [6, 6.07) is 0. The topological polar surface area (TPSA) is 43.6 Å². The molecule has 0 saturated heterocycles. The maximum Gasteiger partial charge on any atom is 0.193 e. The van der Waals surface area contributed by atoms with Crippen LogP contribution in [0.3, 0.4) is 0 Å². The summed E-state index contributed by atoms with van der Waals surface area (Å²) in [6.45, 7) is 0. The fourth-order valence-corrected chi connectivity index (χ4v) is 2.82. The molecule has 0 bridgehead atoms. The molecule has 0 unspecified atom stereocenters. The molecule has 4 nitrogen and oxygen atoms in total. The van der Waals surface area contributed by atoms with E-state index in [1.165, 1.54) is 0 Å². The van der Waals surface area contributed by atoms with Crippen LogP contribution in [0.4, 0.5) is 0 Å². The summed E-state index contributed by atoms with van der Waals surface area (Å²) in [6.07, 6.45) is 1.73. The number of nitrogens with zero attached hydrogens (tertiary/aromatic N) is 4. The van der Waals surface area contributed by atoms with Gasteiger partial charge in [0, 0.05) is 22.6 Å². The first kappa shape index (κ1) is 9.30. The van der Waals surface area contributed by atoms with E-state index >= 15 is 0 Å². The van der Waals surface area contributed by atoms with Gasteiger partial charge in [-0.25, -0.2) is 15.0 Å². The molecule has 0 amide bonds. The van der Waals surface area contributed by atoms with Gasteiger partial charge in [-0.1, -0.05) is 0 Å². The Morgan fingerprint density at radius 2 is 2.00 bits per heavy atom. The summed E-state index contributed by atoms with van der Waals surface area (Å²) >= 11 is 6.40. The van der Waals surface area contributed by atoms with Crippen LogP contribution < -0.4 is 0 Å². The summed E-state index contributed by atoms with van der Waals surface area (Å²) < 4.78 is 3.51. The average Bonchev–Trinajstić information content (AvgIpc) is 2.33. The second-order valence-corrected chi connectivity index (χ2v) is 5.04. The van der Waals surface area contributed by atoms with Crippen molar-refractivity contribution in [3.05, 3.63) is 13.9 Å². The summed E-state index contributed by atoms with van der Waals surface area (Å²) in [4.78, 5) is 12.6. The molecule has 0 aromatic carbocycles. The molecule has 7 heteroatoms. The molecule has 12 heavy (non-hydrogen) atoms. The van der Waals surface area contributed by atoms with Crippen molar-refractivity contribution in [1.29, 1.82) is 0 Å². The van der Waals surface area contributed by atoms with Crippen LogP contribution in [-0.2, 0) is 0 Å². The molecule has 0 saturated carbocycles. The highest BCUT2D eigenvalue weighted by molar-refractivity contribution is 14.1. The molecule has 0 spiro atoms. The van der Waals surface area contributed by atoms with E-state index in [9.17, 15) is 0 Å². The van der Waals surface area contributed by atoms with E-state index in [-0.39, 0.29) is 0 Å². The highest BCUT2D eigenvalue weighted by Gasteiger charge is 2.08. The number of rotatable bonds is 0. The lowest BCUT2D eigenvalue weighted by atomic mass is 10.6. The van der Waals surface area contributed by atoms with Gasteiger partial charge in [-0.3, -0.25) is 2.78 Å².